The fourth-order valence-corrected chi connectivity index (χ4v) is 3.39. The molecule has 0 bridgehead atoms. The summed E-state index contributed by atoms with van der Waals surface area (Å²) in [5, 5.41) is 7.89. The van der Waals surface area contributed by atoms with Crippen molar-refractivity contribution in [2.45, 2.75) is 0 Å². The molecule has 3 aromatic carbocycles. The zero-order valence-corrected chi connectivity index (χ0v) is 17.2. The van der Waals surface area contributed by atoms with Crippen LogP contribution in [0.2, 0.25) is 0 Å². The first-order chi connectivity index (χ1) is 15.2. The molecule has 154 valence electrons. The number of carbonyl (C=O) groups is 2. The largest absolute Gasteiger partial charge is 0.484 e. The van der Waals surface area contributed by atoms with E-state index in [1.54, 1.807) is 36.4 Å². The second kappa shape index (κ2) is 9.69. The van der Waals surface area contributed by atoms with Gasteiger partial charge in [0.15, 0.2) is 6.61 Å². The molecule has 0 aliphatic heterocycles. The third kappa shape index (κ3) is 5.55. The molecule has 0 saturated carbocycles. The molecule has 0 aliphatic rings. The van der Waals surface area contributed by atoms with E-state index in [9.17, 15) is 9.59 Å². The summed E-state index contributed by atoms with van der Waals surface area (Å²) in [6.45, 7) is -0.146. The van der Waals surface area contributed by atoms with Gasteiger partial charge in [0.25, 0.3) is 5.91 Å². The summed E-state index contributed by atoms with van der Waals surface area (Å²) >= 11 is 1.32. The molecule has 7 heteroatoms. The van der Waals surface area contributed by atoms with E-state index in [-0.39, 0.29) is 12.5 Å². The van der Waals surface area contributed by atoms with Crippen LogP contribution >= 0.6 is 11.3 Å². The topological polar surface area (TPSA) is 77.0 Å². The van der Waals surface area contributed by atoms with Crippen molar-refractivity contribution in [2.24, 2.45) is 5.10 Å². The van der Waals surface area contributed by atoms with E-state index in [1.807, 2.05) is 47.8 Å². The molecule has 4 rings (SSSR count). The van der Waals surface area contributed by atoms with Crippen LogP contribution in [0.15, 0.2) is 89.3 Å². The lowest BCUT2D eigenvalue weighted by atomic mass is 10.1. The molecule has 6 nitrogen and oxygen atoms in total. The zero-order chi connectivity index (χ0) is 21.5. The van der Waals surface area contributed by atoms with Crippen molar-refractivity contribution in [1.82, 2.24) is 5.43 Å². The van der Waals surface area contributed by atoms with Gasteiger partial charge in [0.05, 0.1) is 6.21 Å². The van der Waals surface area contributed by atoms with Gasteiger partial charge in [-0.3, -0.25) is 4.79 Å². The second-order valence-corrected chi connectivity index (χ2v) is 7.47. The van der Waals surface area contributed by atoms with Gasteiger partial charge in [0.1, 0.15) is 16.4 Å². The summed E-state index contributed by atoms with van der Waals surface area (Å²) in [6, 6.07) is 23.9. The molecule has 0 unspecified atom stereocenters. The third-order valence-electron chi connectivity index (χ3n) is 4.31. The van der Waals surface area contributed by atoms with Crippen LogP contribution in [0.1, 0.15) is 15.2 Å². The molecule has 0 radical (unpaired) electrons. The molecule has 4 aromatic rings. The van der Waals surface area contributed by atoms with Crippen LogP contribution in [0.3, 0.4) is 0 Å². The smallest absolute Gasteiger partial charge is 0.353 e. The number of nitrogens with one attached hydrogen (secondary N) is 1. The molecule has 1 N–H and O–H groups in total. The van der Waals surface area contributed by atoms with Gasteiger partial charge in [-0.2, -0.15) is 5.10 Å². The van der Waals surface area contributed by atoms with Gasteiger partial charge in [-0.05, 0) is 64.2 Å². The number of carbonyl (C=O) groups excluding carboxylic acids is 2. The Morgan fingerprint density at radius 2 is 1.68 bits per heavy atom. The maximum Gasteiger partial charge on any atom is 0.353 e. The van der Waals surface area contributed by atoms with E-state index in [1.165, 1.54) is 17.6 Å². The zero-order valence-electron chi connectivity index (χ0n) is 16.4. The minimum absolute atomic E-state index is 0.146. The van der Waals surface area contributed by atoms with Crippen molar-refractivity contribution in [1.29, 1.82) is 0 Å². The average Bonchev–Trinajstić information content (AvgIpc) is 3.34. The standard InChI is InChI=1S/C24H18N2O4S/c27-23(16-29-21-12-9-18-4-1-2-5-19(18)14-21)26-25-15-17-7-10-20(11-8-17)30-24(28)22-6-3-13-31-22/h1-15H,16H2,(H,26,27)/b25-15+. The third-order valence-corrected chi connectivity index (χ3v) is 5.16. The van der Waals surface area contributed by atoms with Crippen LogP contribution < -0.4 is 14.9 Å². The fourth-order valence-electron chi connectivity index (χ4n) is 2.79. The maximum atomic E-state index is 12.0. The minimum atomic E-state index is -0.393. The predicted molar refractivity (Wildman–Crippen MR) is 121 cm³/mol. The molecule has 0 aliphatic carbocycles. The van der Waals surface area contributed by atoms with Crippen LogP contribution in [0, 0.1) is 0 Å². The summed E-state index contributed by atoms with van der Waals surface area (Å²) < 4.78 is 10.8. The first-order valence-corrected chi connectivity index (χ1v) is 10.3. The van der Waals surface area contributed by atoms with Gasteiger partial charge in [0.2, 0.25) is 0 Å². The maximum absolute atomic E-state index is 12.0. The van der Waals surface area contributed by atoms with Crippen molar-refractivity contribution < 1.29 is 19.1 Å². The number of hydrogen-bond donors (Lipinski definition) is 1. The molecule has 1 amide bonds. The van der Waals surface area contributed by atoms with Gasteiger partial charge in [-0.1, -0.05) is 36.4 Å². The molecule has 0 saturated heterocycles. The molecular formula is C24H18N2O4S. The molecule has 1 aromatic heterocycles. The molecule has 1 heterocycles. The number of hydrogen-bond acceptors (Lipinski definition) is 6. The Bertz CT molecular complexity index is 1220. The second-order valence-electron chi connectivity index (χ2n) is 6.53. The molecule has 31 heavy (non-hydrogen) atoms. The van der Waals surface area contributed by atoms with Gasteiger partial charge in [0, 0.05) is 0 Å². The van der Waals surface area contributed by atoms with Crippen LogP contribution in [-0.4, -0.2) is 24.7 Å². The highest BCUT2D eigenvalue weighted by Gasteiger charge is 2.09. The summed E-state index contributed by atoms with van der Waals surface area (Å²) in [5.41, 5.74) is 3.17. The summed E-state index contributed by atoms with van der Waals surface area (Å²) in [5.74, 6) is 0.287. The van der Waals surface area contributed by atoms with Crippen molar-refractivity contribution in [2.75, 3.05) is 6.61 Å². The SMILES string of the molecule is O=C(COc1ccc2ccccc2c1)N/N=C/c1ccc(OC(=O)c2cccs2)cc1. The highest BCUT2D eigenvalue weighted by atomic mass is 32.1. The quantitative estimate of drug-likeness (QED) is 0.200. The molecular weight excluding hydrogens is 412 g/mol. The fraction of sp³-hybridized carbons (Fsp3) is 0.0417. The molecule has 0 fully saturated rings. The monoisotopic (exact) mass is 430 g/mol. The molecule has 0 atom stereocenters. The number of benzene rings is 3. The van der Waals surface area contributed by atoms with Crippen molar-refractivity contribution >= 4 is 40.2 Å². The van der Waals surface area contributed by atoms with Crippen LogP contribution in [0.25, 0.3) is 10.8 Å². The van der Waals surface area contributed by atoms with Gasteiger partial charge in [-0.15, -0.1) is 11.3 Å². The number of rotatable bonds is 7. The van der Waals surface area contributed by atoms with E-state index in [4.69, 9.17) is 9.47 Å². The number of amides is 1. The Kier molecular flexibility index (Phi) is 6.35. The summed E-state index contributed by atoms with van der Waals surface area (Å²) in [6.07, 6.45) is 1.50. The number of nitrogens with zero attached hydrogens (tertiary/aromatic N) is 1. The van der Waals surface area contributed by atoms with Crippen LogP contribution in [0.5, 0.6) is 11.5 Å². The lowest BCUT2D eigenvalue weighted by Gasteiger charge is -2.06. The lowest BCUT2D eigenvalue weighted by molar-refractivity contribution is -0.123. The van der Waals surface area contributed by atoms with E-state index < -0.39 is 5.97 Å². The van der Waals surface area contributed by atoms with Gasteiger partial charge < -0.3 is 9.47 Å². The van der Waals surface area contributed by atoms with Gasteiger partial charge >= 0.3 is 5.97 Å². The first-order valence-electron chi connectivity index (χ1n) is 9.47. The minimum Gasteiger partial charge on any atom is -0.484 e. The molecule has 0 spiro atoms. The number of thiophene rings is 1. The number of ether oxygens (including phenoxy) is 2. The van der Waals surface area contributed by atoms with Crippen molar-refractivity contribution in [3.8, 4) is 11.5 Å². The number of fused-ring (bicyclic) bond motifs is 1. The number of esters is 1. The van der Waals surface area contributed by atoms with E-state index in [2.05, 4.69) is 10.5 Å². The highest BCUT2D eigenvalue weighted by molar-refractivity contribution is 7.12. The summed E-state index contributed by atoms with van der Waals surface area (Å²) in [4.78, 5) is 24.4. The Morgan fingerprint density at radius 3 is 2.45 bits per heavy atom. The van der Waals surface area contributed by atoms with E-state index in [0.29, 0.717) is 16.4 Å². The Balaban J connectivity index is 1.24. The highest BCUT2D eigenvalue weighted by Crippen LogP contribution is 2.20. The Labute approximate surface area is 182 Å². The van der Waals surface area contributed by atoms with E-state index >= 15 is 0 Å². The normalized spacial score (nSPS) is 10.8. The van der Waals surface area contributed by atoms with E-state index in [0.717, 1.165) is 16.3 Å². The Hall–Kier alpha value is -3.97. The lowest BCUT2D eigenvalue weighted by Crippen LogP contribution is -2.24. The van der Waals surface area contributed by atoms with Crippen molar-refractivity contribution in [3.05, 3.63) is 94.7 Å². The van der Waals surface area contributed by atoms with Crippen LogP contribution in [-0.2, 0) is 4.79 Å². The first kappa shape index (κ1) is 20.3. The number of hydrazone groups is 1. The average molecular weight is 430 g/mol. The van der Waals surface area contributed by atoms with Crippen molar-refractivity contribution in [3.63, 3.8) is 0 Å². The predicted octanol–water partition coefficient (Wildman–Crippen LogP) is 4.65. The van der Waals surface area contributed by atoms with Gasteiger partial charge in [-0.25, -0.2) is 10.2 Å². The summed E-state index contributed by atoms with van der Waals surface area (Å²) in [7, 11) is 0. The Morgan fingerprint density at radius 1 is 0.903 bits per heavy atom. The van der Waals surface area contributed by atoms with Crippen LogP contribution in [0.4, 0.5) is 0 Å².